The Labute approximate surface area is 62.4 Å². The van der Waals surface area contributed by atoms with Crippen molar-refractivity contribution in [3.63, 3.8) is 0 Å². The lowest BCUT2D eigenvalue weighted by Gasteiger charge is -1.96. The molecule has 0 spiro atoms. The van der Waals surface area contributed by atoms with Crippen molar-refractivity contribution in [2.45, 2.75) is 0 Å². The Morgan fingerprint density at radius 1 is 1.62 bits per heavy atom. The highest BCUT2D eigenvalue weighted by molar-refractivity contribution is 14.1. The first-order valence-electron chi connectivity index (χ1n) is 2.35. The molecule has 0 aliphatic heterocycles. The number of hydrogen-bond acceptors (Lipinski definition) is 2. The molecule has 0 radical (unpaired) electrons. The second-order valence-corrected chi connectivity index (χ2v) is 2.28. The third-order valence-electron chi connectivity index (χ3n) is 0.639. The van der Waals surface area contributed by atoms with Crippen LogP contribution in [0.15, 0.2) is 0 Å². The SMILES string of the molecule is CNCCNC(=O)I. The molecule has 0 aliphatic carbocycles. The summed E-state index contributed by atoms with van der Waals surface area (Å²) < 4.78 is -0.00199. The van der Waals surface area contributed by atoms with Crippen LogP contribution in [0.25, 0.3) is 0 Å². The number of likely N-dealkylation sites (N-methyl/N-ethyl adjacent to an activating group) is 1. The highest BCUT2D eigenvalue weighted by atomic mass is 127. The van der Waals surface area contributed by atoms with Crippen LogP contribution >= 0.6 is 22.6 Å². The van der Waals surface area contributed by atoms with Crippen LogP contribution in [0, 0.1) is 0 Å². The molecule has 4 heteroatoms. The van der Waals surface area contributed by atoms with Gasteiger partial charge in [-0.2, -0.15) is 0 Å². The minimum Gasteiger partial charge on any atom is -0.346 e. The Hall–Kier alpha value is 0.160. The van der Waals surface area contributed by atoms with Gasteiger partial charge in [-0.15, -0.1) is 0 Å². The third-order valence-corrected chi connectivity index (χ3v) is 1.02. The van der Waals surface area contributed by atoms with E-state index in [9.17, 15) is 4.79 Å². The first-order valence-corrected chi connectivity index (χ1v) is 3.43. The number of hydrogen-bond donors (Lipinski definition) is 2. The van der Waals surface area contributed by atoms with E-state index in [2.05, 4.69) is 10.6 Å². The summed E-state index contributed by atoms with van der Waals surface area (Å²) in [5.41, 5.74) is 0. The Kier molecular flexibility index (Phi) is 5.41. The summed E-state index contributed by atoms with van der Waals surface area (Å²) in [7, 11) is 1.85. The van der Waals surface area contributed by atoms with Crippen LogP contribution in [0.5, 0.6) is 0 Å². The quantitative estimate of drug-likeness (QED) is 0.316. The fourth-order valence-electron chi connectivity index (χ4n) is 0.286. The molecule has 0 heterocycles. The van der Waals surface area contributed by atoms with E-state index in [1.807, 2.05) is 7.05 Å². The smallest absolute Gasteiger partial charge is 0.280 e. The van der Waals surface area contributed by atoms with Crippen LogP contribution in [-0.4, -0.2) is 24.1 Å². The highest BCUT2D eigenvalue weighted by Crippen LogP contribution is 1.79. The van der Waals surface area contributed by atoms with Crippen LogP contribution in [0.2, 0.25) is 0 Å². The average Bonchev–Trinajstić information content (AvgIpc) is 1.66. The van der Waals surface area contributed by atoms with E-state index in [1.54, 1.807) is 22.6 Å². The molecule has 48 valence electrons. The summed E-state index contributed by atoms with van der Waals surface area (Å²) in [4.78, 5) is 10.2. The maximum atomic E-state index is 10.2. The molecule has 0 bridgehead atoms. The van der Waals surface area contributed by atoms with E-state index in [0.717, 1.165) is 6.54 Å². The van der Waals surface area contributed by atoms with E-state index >= 15 is 0 Å². The molecule has 0 aromatic carbocycles. The molecule has 8 heavy (non-hydrogen) atoms. The van der Waals surface area contributed by atoms with Crippen LogP contribution in [-0.2, 0) is 0 Å². The molecule has 3 nitrogen and oxygen atoms in total. The Morgan fingerprint density at radius 2 is 2.25 bits per heavy atom. The highest BCUT2D eigenvalue weighted by Gasteiger charge is 1.87. The first kappa shape index (κ1) is 8.16. The van der Waals surface area contributed by atoms with E-state index in [1.165, 1.54) is 0 Å². The fraction of sp³-hybridized carbons (Fsp3) is 0.750. The molecule has 2 N–H and O–H groups in total. The zero-order valence-electron chi connectivity index (χ0n) is 4.70. The summed E-state index contributed by atoms with van der Waals surface area (Å²) in [6.45, 7) is 1.53. The molecular weight excluding hydrogens is 219 g/mol. The number of rotatable bonds is 3. The van der Waals surface area contributed by atoms with Crippen molar-refractivity contribution in [2.75, 3.05) is 20.1 Å². The monoisotopic (exact) mass is 228 g/mol. The number of carbonyl (C=O) groups is 1. The average molecular weight is 228 g/mol. The van der Waals surface area contributed by atoms with E-state index in [-0.39, 0.29) is 3.91 Å². The van der Waals surface area contributed by atoms with Gasteiger partial charge in [-0.1, -0.05) is 0 Å². The van der Waals surface area contributed by atoms with Gasteiger partial charge in [-0.25, -0.2) is 0 Å². The first-order chi connectivity index (χ1) is 3.77. The summed E-state index contributed by atoms with van der Waals surface area (Å²) in [5.74, 6) is 0. The maximum Gasteiger partial charge on any atom is 0.280 e. The second kappa shape index (κ2) is 5.30. The minimum absolute atomic E-state index is 0.00199. The number of amides is 1. The molecular formula is C4H9IN2O. The lowest BCUT2D eigenvalue weighted by Crippen LogP contribution is -2.26. The van der Waals surface area contributed by atoms with Crippen LogP contribution in [0.1, 0.15) is 0 Å². The van der Waals surface area contributed by atoms with E-state index in [0.29, 0.717) is 6.54 Å². The summed E-state index contributed by atoms with van der Waals surface area (Å²) in [6, 6.07) is 0. The van der Waals surface area contributed by atoms with Crippen molar-refractivity contribution in [1.29, 1.82) is 0 Å². The molecule has 0 atom stereocenters. The predicted molar refractivity (Wildman–Crippen MR) is 41.3 cm³/mol. The van der Waals surface area contributed by atoms with Gasteiger partial charge in [0.15, 0.2) is 0 Å². The van der Waals surface area contributed by atoms with Gasteiger partial charge in [0.1, 0.15) is 0 Å². The van der Waals surface area contributed by atoms with E-state index in [4.69, 9.17) is 0 Å². The Balaban J connectivity index is 2.82. The lowest BCUT2D eigenvalue weighted by atomic mass is 10.6. The van der Waals surface area contributed by atoms with Gasteiger partial charge in [-0.05, 0) is 7.05 Å². The van der Waals surface area contributed by atoms with Gasteiger partial charge in [-0.3, -0.25) is 4.79 Å². The van der Waals surface area contributed by atoms with Crippen molar-refractivity contribution in [1.82, 2.24) is 10.6 Å². The van der Waals surface area contributed by atoms with Gasteiger partial charge < -0.3 is 10.6 Å². The molecule has 0 saturated heterocycles. The van der Waals surface area contributed by atoms with Crippen molar-refractivity contribution < 1.29 is 4.79 Å². The molecule has 0 aromatic rings. The topological polar surface area (TPSA) is 41.1 Å². The van der Waals surface area contributed by atoms with Crippen LogP contribution < -0.4 is 10.6 Å². The maximum absolute atomic E-state index is 10.2. The zero-order chi connectivity index (χ0) is 6.41. The van der Waals surface area contributed by atoms with Gasteiger partial charge in [0, 0.05) is 35.7 Å². The van der Waals surface area contributed by atoms with Crippen molar-refractivity contribution in [3.8, 4) is 0 Å². The predicted octanol–water partition coefficient (Wildman–Crippen LogP) is 0.350. The molecule has 0 rings (SSSR count). The van der Waals surface area contributed by atoms with Gasteiger partial charge in [0.2, 0.25) is 0 Å². The summed E-state index contributed by atoms with van der Waals surface area (Å²) >= 11 is 1.70. The Bertz CT molecular complexity index is 76.4. The number of nitrogens with one attached hydrogen (secondary N) is 2. The van der Waals surface area contributed by atoms with Crippen molar-refractivity contribution >= 4 is 26.5 Å². The third kappa shape index (κ3) is 6.16. The molecule has 0 aliphatic rings. The number of halogens is 1. The van der Waals surface area contributed by atoms with Crippen LogP contribution in [0.4, 0.5) is 4.79 Å². The largest absolute Gasteiger partial charge is 0.346 e. The standard InChI is InChI=1S/C4H9IN2O/c1-6-2-3-7-4(5)8/h6H,2-3H2,1H3,(H,7,8). The molecule has 0 unspecified atom stereocenters. The molecule has 0 fully saturated rings. The van der Waals surface area contributed by atoms with Crippen molar-refractivity contribution in [2.24, 2.45) is 0 Å². The lowest BCUT2D eigenvalue weighted by molar-refractivity contribution is 0.263. The molecule has 0 saturated carbocycles. The normalized spacial score (nSPS) is 8.75. The number of carbonyl (C=O) groups excluding carboxylic acids is 1. The minimum atomic E-state index is -0.00199. The van der Waals surface area contributed by atoms with Gasteiger partial charge in [0.25, 0.3) is 3.91 Å². The van der Waals surface area contributed by atoms with Gasteiger partial charge in [0.05, 0.1) is 0 Å². The summed E-state index contributed by atoms with van der Waals surface area (Å²) in [5, 5.41) is 5.54. The molecule has 0 aromatic heterocycles. The fourth-order valence-corrected chi connectivity index (χ4v) is 0.555. The zero-order valence-corrected chi connectivity index (χ0v) is 6.86. The van der Waals surface area contributed by atoms with Crippen molar-refractivity contribution in [3.05, 3.63) is 0 Å². The van der Waals surface area contributed by atoms with E-state index < -0.39 is 0 Å². The molecule has 1 amide bonds. The summed E-state index contributed by atoms with van der Waals surface area (Å²) in [6.07, 6.45) is 0. The Morgan fingerprint density at radius 3 is 2.62 bits per heavy atom. The van der Waals surface area contributed by atoms with Crippen LogP contribution in [0.3, 0.4) is 0 Å². The van der Waals surface area contributed by atoms with Gasteiger partial charge >= 0.3 is 0 Å². The second-order valence-electron chi connectivity index (χ2n) is 1.30.